The molecule has 0 bridgehead atoms. The van der Waals surface area contributed by atoms with Gasteiger partial charge in [0, 0.05) is 13.1 Å². The van der Waals surface area contributed by atoms with Crippen LogP contribution >= 0.6 is 0 Å². The van der Waals surface area contributed by atoms with Gasteiger partial charge in [0.05, 0.1) is 5.60 Å². The molecule has 1 fully saturated rings. The van der Waals surface area contributed by atoms with Crippen molar-refractivity contribution in [1.82, 2.24) is 10.0 Å². The van der Waals surface area contributed by atoms with Gasteiger partial charge in [0.15, 0.2) is 0 Å². The quantitative estimate of drug-likeness (QED) is 0.570. The molecule has 1 rings (SSSR count). The molecule has 14 heavy (non-hydrogen) atoms. The van der Waals surface area contributed by atoms with E-state index >= 15 is 0 Å². The van der Waals surface area contributed by atoms with Gasteiger partial charge in [0.1, 0.15) is 0 Å². The van der Waals surface area contributed by atoms with Gasteiger partial charge in [-0.25, -0.2) is 13.1 Å². The van der Waals surface area contributed by atoms with Crippen LogP contribution in [0.5, 0.6) is 0 Å². The molecule has 8 heteroatoms. The number of aliphatic hydroxyl groups is 1. The summed E-state index contributed by atoms with van der Waals surface area (Å²) < 4.78 is 46.7. The number of hydrogen-bond donors (Lipinski definition) is 3. The summed E-state index contributed by atoms with van der Waals surface area (Å²) in [5, 5.41) is 12.4. The van der Waals surface area contributed by atoms with Crippen LogP contribution in [0.4, 0.5) is 8.78 Å². The van der Waals surface area contributed by atoms with Crippen molar-refractivity contribution in [3.63, 3.8) is 0 Å². The molecule has 1 aliphatic rings. The van der Waals surface area contributed by atoms with Crippen molar-refractivity contribution in [2.75, 3.05) is 19.6 Å². The second-order valence-corrected chi connectivity index (χ2v) is 5.01. The lowest BCUT2D eigenvalue weighted by atomic mass is 10.1. The molecule has 3 N–H and O–H groups in total. The topological polar surface area (TPSA) is 78.4 Å². The van der Waals surface area contributed by atoms with E-state index in [0.29, 0.717) is 13.0 Å². The zero-order valence-electron chi connectivity index (χ0n) is 7.33. The molecule has 1 unspecified atom stereocenters. The lowest BCUT2D eigenvalue weighted by Crippen LogP contribution is -2.45. The van der Waals surface area contributed by atoms with Crippen LogP contribution in [-0.4, -0.2) is 44.5 Å². The molecule has 0 aromatic carbocycles. The molecule has 1 saturated heterocycles. The molecule has 0 aromatic heterocycles. The Morgan fingerprint density at radius 2 is 2.21 bits per heavy atom. The standard InChI is InChI=1S/C6H12F2N2O3S/c7-5(8)14(12,13)10-4-6(11)1-2-9-3-6/h5,9-11H,1-4H2. The highest BCUT2D eigenvalue weighted by Crippen LogP contribution is 2.13. The summed E-state index contributed by atoms with van der Waals surface area (Å²) in [6.45, 7) is 0.373. The van der Waals surface area contributed by atoms with Crippen molar-refractivity contribution in [3.8, 4) is 0 Å². The largest absolute Gasteiger partial charge is 0.387 e. The summed E-state index contributed by atoms with van der Waals surface area (Å²) in [5.74, 6) is -3.46. The molecule has 1 heterocycles. The maximum atomic E-state index is 11.9. The fourth-order valence-electron chi connectivity index (χ4n) is 1.18. The Morgan fingerprint density at radius 3 is 2.64 bits per heavy atom. The Balaban J connectivity index is 2.48. The van der Waals surface area contributed by atoms with Gasteiger partial charge in [-0.15, -0.1) is 0 Å². The smallest absolute Gasteiger partial charge is 0.350 e. The molecule has 1 atom stereocenters. The third kappa shape index (κ3) is 2.84. The highest BCUT2D eigenvalue weighted by atomic mass is 32.2. The van der Waals surface area contributed by atoms with E-state index in [2.05, 4.69) is 5.32 Å². The summed E-state index contributed by atoms with van der Waals surface area (Å²) in [6.07, 6.45) is 0.346. The van der Waals surface area contributed by atoms with E-state index in [9.17, 15) is 22.3 Å². The molecule has 0 aliphatic carbocycles. The fraction of sp³-hybridized carbons (Fsp3) is 1.00. The van der Waals surface area contributed by atoms with Crippen LogP contribution in [0.25, 0.3) is 0 Å². The number of β-amino-alcohol motifs (C(OH)–C–C–N with tert-alkyl or cyclic N) is 1. The van der Waals surface area contributed by atoms with E-state index in [4.69, 9.17) is 0 Å². The zero-order valence-corrected chi connectivity index (χ0v) is 8.15. The monoisotopic (exact) mass is 230 g/mol. The fourth-order valence-corrected chi connectivity index (χ4v) is 1.78. The minimum atomic E-state index is -4.59. The Labute approximate surface area is 80.5 Å². The zero-order chi connectivity index (χ0) is 10.8. The number of nitrogens with one attached hydrogen (secondary N) is 2. The molecule has 0 amide bonds. The van der Waals surface area contributed by atoms with E-state index in [1.165, 1.54) is 0 Å². The maximum absolute atomic E-state index is 11.9. The van der Waals surface area contributed by atoms with E-state index in [1.54, 1.807) is 4.72 Å². The normalized spacial score (nSPS) is 28.6. The van der Waals surface area contributed by atoms with Gasteiger partial charge in [-0.05, 0) is 13.0 Å². The maximum Gasteiger partial charge on any atom is 0.350 e. The minimum Gasteiger partial charge on any atom is -0.387 e. The molecule has 5 nitrogen and oxygen atoms in total. The molecule has 0 aromatic rings. The summed E-state index contributed by atoms with van der Waals surface area (Å²) in [5.41, 5.74) is -1.25. The first-order valence-corrected chi connectivity index (χ1v) is 5.60. The van der Waals surface area contributed by atoms with Gasteiger partial charge in [0.25, 0.3) is 10.0 Å². The molecule has 0 saturated carbocycles. The number of hydrogen-bond acceptors (Lipinski definition) is 4. The van der Waals surface area contributed by atoms with Crippen LogP contribution in [0.15, 0.2) is 0 Å². The second kappa shape index (κ2) is 4.05. The van der Waals surface area contributed by atoms with Crippen molar-refractivity contribution in [2.45, 2.75) is 17.8 Å². The van der Waals surface area contributed by atoms with Gasteiger partial charge in [-0.3, -0.25) is 0 Å². The Kier molecular flexibility index (Phi) is 3.40. The van der Waals surface area contributed by atoms with Crippen molar-refractivity contribution in [1.29, 1.82) is 0 Å². The molecular formula is C6H12F2N2O3S. The van der Waals surface area contributed by atoms with E-state index in [0.717, 1.165) is 0 Å². The number of alkyl halides is 2. The van der Waals surface area contributed by atoms with Gasteiger partial charge in [-0.1, -0.05) is 0 Å². The highest BCUT2D eigenvalue weighted by molar-refractivity contribution is 7.89. The van der Waals surface area contributed by atoms with Crippen molar-refractivity contribution in [3.05, 3.63) is 0 Å². The van der Waals surface area contributed by atoms with Gasteiger partial charge in [-0.2, -0.15) is 8.78 Å². The average molecular weight is 230 g/mol. The lowest BCUT2D eigenvalue weighted by Gasteiger charge is -2.21. The van der Waals surface area contributed by atoms with E-state index < -0.39 is 21.4 Å². The Hall–Kier alpha value is -0.310. The molecule has 84 valence electrons. The number of sulfonamides is 1. The van der Waals surface area contributed by atoms with Crippen molar-refractivity contribution < 1.29 is 22.3 Å². The van der Waals surface area contributed by atoms with Crippen LogP contribution in [0.2, 0.25) is 0 Å². The lowest BCUT2D eigenvalue weighted by molar-refractivity contribution is 0.0662. The minimum absolute atomic E-state index is 0.207. The average Bonchev–Trinajstić information content (AvgIpc) is 2.50. The third-order valence-electron chi connectivity index (χ3n) is 2.06. The van der Waals surface area contributed by atoms with Gasteiger partial charge in [0.2, 0.25) is 0 Å². The summed E-state index contributed by atoms with van der Waals surface area (Å²) in [4.78, 5) is 0. The molecular weight excluding hydrogens is 218 g/mol. The first-order valence-electron chi connectivity index (χ1n) is 4.05. The molecule has 0 spiro atoms. The second-order valence-electron chi connectivity index (χ2n) is 3.28. The van der Waals surface area contributed by atoms with Gasteiger partial charge < -0.3 is 10.4 Å². The van der Waals surface area contributed by atoms with Crippen LogP contribution < -0.4 is 10.0 Å². The Bertz CT molecular complexity index is 287. The summed E-state index contributed by atoms with van der Waals surface area (Å²) in [6, 6.07) is 0. The number of rotatable bonds is 4. The first-order chi connectivity index (χ1) is 6.36. The van der Waals surface area contributed by atoms with Crippen LogP contribution in [-0.2, 0) is 10.0 Å². The summed E-state index contributed by atoms with van der Waals surface area (Å²) >= 11 is 0. The predicted octanol–water partition coefficient (Wildman–Crippen LogP) is -1.15. The van der Waals surface area contributed by atoms with Crippen LogP contribution in [0.3, 0.4) is 0 Å². The summed E-state index contributed by atoms with van der Waals surface area (Å²) in [7, 11) is -4.59. The molecule has 0 radical (unpaired) electrons. The van der Waals surface area contributed by atoms with E-state index in [1.807, 2.05) is 0 Å². The van der Waals surface area contributed by atoms with Crippen LogP contribution in [0.1, 0.15) is 6.42 Å². The van der Waals surface area contributed by atoms with Gasteiger partial charge >= 0.3 is 5.76 Å². The van der Waals surface area contributed by atoms with Crippen molar-refractivity contribution in [2.24, 2.45) is 0 Å². The van der Waals surface area contributed by atoms with Crippen molar-refractivity contribution >= 4 is 10.0 Å². The predicted molar refractivity (Wildman–Crippen MR) is 45.4 cm³/mol. The Morgan fingerprint density at radius 1 is 1.57 bits per heavy atom. The number of halogens is 2. The molecule has 1 aliphatic heterocycles. The van der Waals surface area contributed by atoms with E-state index in [-0.39, 0.29) is 13.1 Å². The SMILES string of the molecule is O=S(=O)(NCC1(O)CCNC1)C(F)F. The third-order valence-corrected chi connectivity index (χ3v) is 3.07. The highest BCUT2D eigenvalue weighted by Gasteiger charge is 2.34. The first kappa shape index (κ1) is 11.8. The van der Waals surface area contributed by atoms with Crippen LogP contribution in [0, 0.1) is 0 Å².